The first kappa shape index (κ1) is 21.5. The maximum atomic E-state index is 11.4. The quantitative estimate of drug-likeness (QED) is 0.457. The highest BCUT2D eigenvalue weighted by Crippen LogP contribution is 2.35. The van der Waals surface area contributed by atoms with E-state index < -0.39 is 11.6 Å². The molecule has 1 heterocycles. The molecule has 30 heavy (non-hydrogen) atoms. The van der Waals surface area contributed by atoms with E-state index in [1.54, 1.807) is 20.8 Å². The molecule has 0 saturated heterocycles. The molecule has 0 aliphatic rings. The second kappa shape index (κ2) is 8.64. The predicted molar refractivity (Wildman–Crippen MR) is 123 cm³/mol. The zero-order chi connectivity index (χ0) is 21.9. The van der Waals surface area contributed by atoms with Crippen LogP contribution in [0.1, 0.15) is 31.9 Å². The van der Waals surface area contributed by atoms with E-state index in [0.717, 1.165) is 43.9 Å². The molecule has 0 aliphatic carbocycles. The van der Waals surface area contributed by atoms with E-state index in [9.17, 15) is 9.90 Å². The van der Waals surface area contributed by atoms with E-state index in [1.807, 2.05) is 55.6 Å². The fourth-order valence-corrected chi connectivity index (χ4v) is 3.45. The summed E-state index contributed by atoms with van der Waals surface area (Å²) in [6.45, 7) is 7.20. The van der Waals surface area contributed by atoms with Crippen molar-refractivity contribution >= 4 is 27.6 Å². The first-order valence-electron chi connectivity index (χ1n) is 9.94. The van der Waals surface area contributed by atoms with Gasteiger partial charge in [0.15, 0.2) is 0 Å². The highest BCUT2D eigenvalue weighted by atomic mass is 16.4. The van der Waals surface area contributed by atoms with Gasteiger partial charge < -0.3 is 10.2 Å². The van der Waals surface area contributed by atoms with Crippen LogP contribution in [0.2, 0.25) is 0 Å². The molecule has 0 radical (unpaired) electrons. The lowest BCUT2D eigenvalue weighted by Crippen LogP contribution is -2.10. The van der Waals surface area contributed by atoms with Gasteiger partial charge in [0, 0.05) is 17.1 Å². The largest absolute Gasteiger partial charge is 0.481 e. The number of para-hydroxylation sites is 1. The number of nitrogens with zero attached hydrogens (tertiary/aromatic N) is 1. The second-order valence-electron chi connectivity index (χ2n) is 8.43. The number of carboxylic acid groups (broad SMARTS) is 1. The van der Waals surface area contributed by atoms with E-state index in [0.29, 0.717) is 0 Å². The summed E-state index contributed by atoms with van der Waals surface area (Å²) < 4.78 is 0. The molecule has 0 atom stereocenters. The molecular weight excluding hydrogens is 374 g/mol. The Balaban J connectivity index is 0.000000461. The summed E-state index contributed by atoms with van der Waals surface area (Å²) in [5, 5.41) is 21.1. The van der Waals surface area contributed by atoms with Gasteiger partial charge in [-0.1, -0.05) is 48.5 Å². The molecule has 4 rings (SSSR count). The van der Waals surface area contributed by atoms with Crippen LogP contribution in [0.5, 0.6) is 0 Å². The van der Waals surface area contributed by atoms with E-state index in [2.05, 4.69) is 23.2 Å². The maximum Gasteiger partial charge on any atom is 0.307 e. The van der Waals surface area contributed by atoms with Gasteiger partial charge in [-0.25, -0.2) is 0 Å². The van der Waals surface area contributed by atoms with E-state index in [1.165, 1.54) is 0 Å². The van der Waals surface area contributed by atoms with E-state index >= 15 is 0 Å². The standard InChI is InChI=1S/C22H17NO2.C4H10O/c1-14-10-15-6-2-4-8-18(15)22(19(14)12-21(24)25)17-11-16-7-3-5-9-20(16)23-13-17;1-4(2,3)5/h2-11,13H,12H2,1H3,(H,24,25);5H,1-3H3. The van der Waals surface area contributed by atoms with Crippen LogP contribution in [-0.4, -0.2) is 26.8 Å². The summed E-state index contributed by atoms with van der Waals surface area (Å²) in [7, 11) is 0. The van der Waals surface area contributed by atoms with Crippen LogP contribution >= 0.6 is 0 Å². The lowest BCUT2D eigenvalue weighted by Gasteiger charge is -2.16. The van der Waals surface area contributed by atoms with Crippen molar-refractivity contribution < 1.29 is 15.0 Å². The van der Waals surface area contributed by atoms with Crippen molar-refractivity contribution in [3.05, 3.63) is 78.0 Å². The van der Waals surface area contributed by atoms with Crippen molar-refractivity contribution in [1.29, 1.82) is 0 Å². The Kier molecular flexibility index (Phi) is 6.18. The summed E-state index contributed by atoms with van der Waals surface area (Å²) in [6, 6.07) is 20.2. The van der Waals surface area contributed by atoms with Gasteiger partial charge in [0.1, 0.15) is 0 Å². The molecular formula is C26H27NO3. The Morgan fingerprint density at radius 1 is 0.967 bits per heavy atom. The number of carbonyl (C=O) groups is 1. The fourth-order valence-electron chi connectivity index (χ4n) is 3.45. The van der Waals surface area contributed by atoms with Crippen LogP contribution in [0.25, 0.3) is 32.8 Å². The fraction of sp³-hybridized carbons (Fsp3) is 0.231. The normalized spacial score (nSPS) is 11.2. The molecule has 0 spiro atoms. The molecule has 1 aromatic heterocycles. The topological polar surface area (TPSA) is 70.4 Å². The Bertz CT molecular complexity index is 1200. The van der Waals surface area contributed by atoms with Gasteiger partial charge in [-0.05, 0) is 67.3 Å². The smallest absolute Gasteiger partial charge is 0.307 e. The Morgan fingerprint density at radius 3 is 2.23 bits per heavy atom. The first-order chi connectivity index (χ1) is 14.1. The highest BCUT2D eigenvalue weighted by molar-refractivity contribution is 6.01. The van der Waals surface area contributed by atoms with Crippen molar-refractivity contribution in [1.82, 2.24) is 4.98 Å². The van der Waals surface area contributed by atoms with Gasteiger partial charge in [-0.3, -0.25) is 9.78 Å². The number of hydrogen-bond acceptors (Lipinski definition) is 3. The third-order valence-electron chi connectivity index (χ3n) is 4.59. The van der Waals surface area contributed by atoms with Crippen molar-refractivity contribution in [2.24, 2.45) is 0 Å². The number of aliphatic carboxylic acids is 1. The monoisotopic (exact) mass is 401 g/mol. The van der Waals surface area contributed by atoms with Crippen molar-refractivity contribution in [2.45, 2.75) is 39.7 Å². The van der Waals surface area contributed by atoms with Crippen LogP contribution in [0.4, 0.5) is 0 Å². The Morgan fingerprint density at radius 2 is 1.57 bits per heavy atom. The molecule has 4 heteroatoms. The lowest BCUT2D eigenvalue weighted by atomic mass is 9.89. The molecule has 0 aliphatic heterocycles. The number of pyridine rings is 1. The predicted octanol–water partition coefficient (Wildman–Crippen LogP) is 5.77. The number of carboxylic acids is 1. The third-order valence-corrected chi connectivity index (χ3v) is 4.59. The van der Waals surface area contributed by atoms with Gasteiger partial charge in [0.25, 0.3) is 0 Å². The van der Waals surface area contributed by atoms with E-state index in [4.69, 9.17) is 5.11 Å². The first-order valence-corrected chi connectivity index (χ1v) is 9.94. The zero-order valence-corrected chi connectivity index (χ0v) is 17.8. The Labute approximate surface area is 176 Å². The number of aromatic nitrogens is 1. The lowest BCUT2D eigenvalue weighted by molar-refractivity contribution is -0.136. The van der Waals surface area contributed by atoms with Gasteiger partial charge >= 0.3 is 5.97 Å². The molecule has 0 saturated carbocycles. The number of rotatable bonds is 3. The summed E-state index contributed by atoms with van der Waals surface area (Å²) in [6.07, 6.45) is 1.84. The number of benzene rings is 3. The minimum Gasteiger partial charge on any atom is -0.481 e. The molecule has 0 fully saturated rings. The molecule has 4 aromatic rings. The van der Waals surface area contributed by atoms with Crippen molar-refractivity contribution in [3.63, 3.8) is 0 Å². The van der Waals surface area contributed by atoms with Crippen LogP contribution in [0.15, 0.2) is 66.9 Å². The Hall–Kier alpha value is -3.24. The molecule has 0 bridgehead atoms. The van der Waals surface area contributed by atoms with Crippen LogP contribution in [-0.2, 0) is 11.2 Å². The molecule has 3 aromatic carbocycles. The summed E-state index contributed by atoms with van der Waals surface area (Å²) in [4.78, 5) is 16.0. The zero-order valence-electron chi connectivity index (χ0n) is 17.8. The van der Waals surface area contributed by atoms with Crippen molar-refractivity contribution in [2.75, 3.05) is 0 Å². The van der Waals surface area contributed by atoms with Gasteiger partial charge in [-0.15, -0.1) is 0 Å². The summed E-state index contributed by atoms with van der Waals surface area (Å²) >= 11 is 0. The molecule has 2 N–H and O–H groups in total. The number of aliphatic hydroxyl groups is 1. The number of fused-ring (bicyclic) bond motifs is 2. The third kappa shape index (κ3) is 5.22. The number of aryl methyl sites for hydroxylation is 1. The second-order valence-corrected chi connectivity index (χ2v) is 8.43. The summed E-state index contributed by atoms with van der Waals surface area (Å²) in [5.74, 6) is -0.826. The molecule has 154 valence electrons. The SMILES string of the molecule is CC(C)(C)O.Cc1cc2ccccc2c(-c2cnc3ccccc3c2)c1CC(=O)O. The maximum absolute atomic E-state index is 11.4. The molecule has 0 unspecified atom stereocenters. The molecule has 0 amide bonds. The van der Waals surface area contributed by atoms with E-state index in [-0.39, 0.29) is 6.42 Å². The molecule has 4 nitrogen and oxygen atoms in total. The number of hydrogen-bond donors (Lipinski definition) is 2. The minimum absolute atomic E-state index is 0.00116. The van der Waals surface area contributed by atoms with Crippen LogP contribution < -0.4 is 0 Å². The highest BCUT2D eigenvalue weighted by Gasteiger charge is 2.16. The van der Waals surface area contributed by atoms with Crippen molar-refractivity contribution in [3.8, 4) is 11.1 Å². The van der Waals surface area contributed by atoms with Gasteiger partial charge in [0.05, 0.1) is 17.5 Å². The summed E-state index contributed by atoms with van der Waals surface area (Å²) in [5.41, 5.74) is 4.20. The van der Waals surface area contributed by atoms with Crippen LogP contribution in [0, 0.1) is 6.92 Å². The van der Waals surface area contributed by atoms with Crippen LogP contribution in [0.3, 0.4) is 0 Å². The average Bonchev–Trinajstić information content (AvgIpc) is 2.66. The van der Waals surface area contributed by atoms with Gasteiger partial charge in [-0.2, -0.15) is 0 Å². The minimum atomic E-state index is -0.826. The average molecular weight is 402 g/mol. The van der Waals surface area contributed by atoms with Gasteiger partial charge in [0.2, 0.25) is 0 Å².